The minimum absolute atomic E-state index is 0.0133. The van der Waals surface area contributed by atoms with Gasteiger partial charge >= 0.3 is 12.1 Å². The van der Waals surface area contributed by atoms with Gasteiger partial charge in [0, 0.05) is 71.0 Å². The number of halogens is 1. The van der Waals surface area contributed by atoms with Gasteiger partial charge in [0.25, 0.3) is 0 Å². The van der Waals surface area contributed by atoms with Gasteiger partial charge in [-0.05, 0) is 95.9 Å². The van der Waals surface area contributed by atoms with Crippen molar-refractivity contribution in [1.29, 1.82) is 0 Å². The summed E-state index contributed by atoms with van der Waals surface area (Å²) in [5.41, 5.74) is 10.1. The number of ketones is 1. The highest BCUT2D eigenvalue weighted by Crippen LogP contribution is 2.49. The van der Waals surface area contributed by atoms with Gasteiger partial charge in [-0.1, -0.05) is 54.8 Å². The second-order valence-electron chi connectivity index (χ2n) is 21.7. The predicted octanol–water partition coefficient (Wildman–Crippen LogP) is 4.84. The number of nitrogens with one attached hydrogen (secondary N) is 3. The Labute approximate surface area is 472 Å². The SMILES string of the molecule is C=CCC(=O)[C@H](CCCCN)NNC(=O)C1CCC(CN2C(=O)CC(SCCC(=O)N(C)[C@@H](C)C(=O)O[C@H]3CC(=O)N(C)c4cc(cc(OC)c4Cl)C/C(C)=C/C=C/[C@@H](OC)[C@@]4(O)C[C@H](OC(=O)N4)[C@@H](C)[C@@H]4O[C@@]34C)C2=O)CC1. The molecule has 6 N–H and O–H groups in total. The molecule has 436 valence electrons. The lowest BCUT2D eigenvalue weighted by Gasteiger charge is -2.42. The molecule has 0 aromatic heterocycles. The number of carbonyl (C=O) groups is 8. The number of hydrogen-bond acceptors (Lipinski definition) is 17. The third-order valence-corrected chi connectivity index (χ3v) is 17.7. The second kappa shape index (κ2) is 27.9. The molecule has 4 heterocycles. The Morgan fingerprint density at radius 2 is 1.82 bits per heavy atom. The summed E-state index contributed by atoms with van der Waals surface area (Å²) in [6.07, 6.45) is 6.41. The van der Waals surface area contributed by atoms with E-state index in [1.54, 1.807) is 45.2 Å². The normalized spacial score (nSPS) is 30.1. The Balaban J connectivity index is 1.06. The summed E-state index contributed by atoms with van der Waals surface area (Å²) in [6, 6.07) is 1.84. The number of allylic oxidation sites excluding steroid dienone is 4. The number of benzene rings is 1. The van der Waals surface area contributed by atoms with Crippen LogP contribution in [-0.2, 0) is 58.9 Å². The second-order valence-corrected chi connectivity index (χ2v) is 23.4. The standard InChI is InChI=1S/C56H80ClN7O14S/c1-10-14-40(65)38(16-11-12-23-58)60-61-51(69)37-20-18-35(19-21-37)31-64-48(68)28-43(52(64)70)79-24-22-46(66)62(6)34(4)53(71)77-45-29-47(67)63(7)39-26-36(27-41(74-8)49(39)57)25-32(2)15-13-17-44(75-9)56(73)30-42(76-54(72)59-56)33(3)50-55(45,5)78-50/h10,13,15,17,26-27,33-35,37-38,42-45,50,60,73H,1,11-12,14,16,18-25,28-31,58H2,2-9H3,(H,59,72)(H,61,69)/b17-13+,32-15+/t33-,34+,35?,37?,38+,42+,43?,44-,45+,50+,55+,56+/m1/s1. The topological polar surface area (TPSA) is 278 Å². The number of anilines is 1. The summed E-state index contributed by atoms with van der Waals surface area (Å²) >= 11 is 8.03. The number of rotatable bonds is 21. The molecule has 10 atom stereocenters. The number of unbranched alkanes of at least 4 members (excludes halogenated alkanes) is 1. The van der Waals surface area contributed by atoms with E-state index in [0.717, 1.165) is 24.0 Å². The van der Waals surface area contributed by atoms with Crippen molar-refractivity contribution in [3.8, 4) is 5.75 Å². The first-order valence-corrected chi connectivity index (χ1v) is 28.6. The number of esters is 1. The average Bonchev–Trinajstić information content (AvgIpc) is 4.27. The zero-order chi connectivity index (χ0) is 57.9. The molecule has 1 saturated carbocycles. The summed E-state index contributed by atoms with van der Waals surface area (Å²) in [5, 5.41) is 13.9. The smallest absolute Gasteiger partial charge is 0.409 e. The number of aliphatic hydroxyl groups is 1. The number of thioether (sulfide) groups is 1. The first-order valence-electron chi connectivity index (χ1n) is 27.2. The lowest BCUT2D eigenvalue weighted by Crippen LogP contribution is -2.63. The Kier molecular flexibility index (Phi) is 22.2. The quantitative estimate of drug-likeness (QED) is 0.0275. The monoisotopic (exact) mass is 1140 g/mol. The average molecular weight is 1140 g/mol. The fourth-order valence-corrected chi connectivity index (χ4v) is 12.3. The van der Waals surface area contributed by atoms with Crippen LogP contribution in [0.5, 0.6) is 5.75 Å². The van der Waals surface area contributed by atoms with Gasteiger partial charge in [-0.3, -0.25) is 44.4 Å². The number of hydrazine groups is 1. The molecule has 3 saturated heterocycles. The van der Waals surface area contributed by atoms with Crippen LogP contribution in [0.3, 0.4) is 0 Å². The third kappa shape index (κ3) is 15.6. The molecule has 1 aromatic rings. The van der Waals surface area contributed by atoms with Crippen LogP contribution in [0.4, 0.5) is 10.5 Å². The van der Waals surface area contributed by atoms with E-state index in [1.807, 2.05) is 13.0 Å². The van der Waals surface area contributed by atoms with E-state index in [0.29, 0.717) is 56.5 Å². The Bertz CT molecular complexity index is 2510. The molecule has 23 heteroatoms. The highest BCUT2D eigenvalue weighted by Gasteiger charge is 2.64. The maximum Gasteiger partial charge on any atom is 0.409 e. The van der Waals surface area contributed by atoms with Crippen LogP contribution < -0.4 is 31.5 Å². The minimum atomic E-state index is -1.89. The molecule has 6 amide bonds. The van der Waals surface area contributed by atoms with E-state index in [-0.39, 0.29) is 78.3 Å². The number of hydrogen-bond donors (Lipinski definition) is 5. The summed E-state index contributed by atoms with van der Waals surface area (Å²) in [6.45, 7) is 11.2. The molecule has 5 aliphatic rings. The number of nitrogens with two attached hydrogens (primary N) is 1. The fourth-order valence-electron chi connectivity index (χ4n) is 10.9. The molecule has 0 spiro atoms. The van der Waals surface area contributed by atoms with Crippen molar-refractivity contribution in [2.45, 2.75) is 164 Å². The van der Waals surface area contributed by atoms with E-state index in [4.69, 9.17) is 41.0 Å². The molecule has 1 aromatic carbocycles. The number of imide groups is 1. The molecule has 79 heavy (non-hydrogen) atoms. The fraction of sp³-hybridized carbons (Fsp3) is 0.643. The maximum atomic E-state index is 14.4. The van der Waals surface area contributed by atoms with Gasteiger partial charge in [0.15, 0.2) is 11.5 Å². The van der Waals surface area contributed by atoms with Crippen LogP contribution in [0.15, 0.2) is 48.6 Å². The van der Waals surface area contributed by atoms with E-state index in [2.05, 4.69) is 22.7 Å². The first kappa shape index (κ1) is 62.8. The number of alkyl carbamates (subject to hydrolysis) is 1. The van der Waals surface area contributed by atoms with Gasteiger partial charge in [-0.25, -0.2) is 15.0 Å². The van der Waals surface area contributed by atoms with E-state index < -0.39 is 89.3 Å². The number of ether oxygens (including phenoxy) is 5. The first-order chi connectivity index (χ1) is 37.5. The number of likely N-dealkylation sites (tertiary alicyclic amines) is 1. The molecule has 21 nitrogen and oxygen atoms in total. The van der Waals surface area contributed by atoms with Crippen molar-refractivity contribution >= 4 is 76.4 Å². The van der Waals surface area contributed by atoms with Gasteiger partial charge in [0.2, 0.25) is 29.5 Å². The van der Waals surface area contributed by atoms with Crippen LogP contribution in [0, 0.1) is 17.8 Å². The minimum Gasteiger partial charge on any atom is -0.495 e. The highest BCUT2D eigenvalue weighted by atomic mass is 35.5. The lowest BCUT2D eigenvalue weighted by molar-refractivity contribution is -0.162. The van der Waals surface area contributed by atoms with Crippen LogP contribution in [0.25, 0.3) is 0 Å². The van der Waals surface area contributed by atoms with Crippen LogP contribution >= 0.6 is 23.4 Å². The summed E-state index contributed by atoms with van der Waals surface area (Å²) in [7, 11) is 5.88. The molecular weight excluding hydrogens is 1060 g/mol. The zero-order valence-electron chi connectivity index (χ0n) is 46.7. The number of methoxy groups -OCH3 is 2. The van der Waals surface area contributed by atoms with Crippen molar-refractivity contribution in [1.82, 2.24) is 26.0 Å². The lowest BCUT2D eigenvalue weighted by atomic mass is 9.81. The third-order valence-electron chi connectivity index (χ3n) is 16.1. The van der Waals surface area contributed by atoms with E-state index >= 15 is 0 Å². The van der Waals surface area contributed by atoms with Gasteiger partial charge < -0.3 is 44.3 Å². The van der Waals surface area contributed by atoms with E-state index in [1.165, 1.54) is 60.7 Å². The predicted molar refractivity (Wildman–Crippen MR) is 296 cm³/mol. The highest BCUT2D eigenvalue weighted by molar-refractivity contribution is 8.00. The molecule has 0 radical (unpaired) electrons. The molecule has 1 aliphatic carbocycles. The Morgan fingerprint density at radius 3 is 2.49 bits per heavy atom. The van der Waals surface area contributed by atoms with Gasteiger partial charge in [0.05, 0.1) is 36.6 Å². The Morgan fingerprint density at radius 1 is 1.10 bits per heavy atom. The van der Waals surface area contributed by atoms with E-state index in [9.17, 15) is 43.5 Å². The molecule has 1 unspecified atom stereocenters. The van der Waals surface area contributed by atoms with Gasteiger partial charge in [-0.15, -0.1) is 18.3 Å². The van der Waals surface area contributed by atoms with Crippen molar-refractivity contribution in [2.24, 2.45) is 23.5 Å². The zero-order valence-corrected chi connectivity index (χ0v) is 48.3. The summed E-state index contributed by atoms with van der Waals surface area (Å²) in [4.78, 5) is 112. The van der Waals surface area contributed by atoms with Gasteiger partial charge in [-0.2, -0.15) is 0 Å². The maximum absolute atomic E-state index is 14.4. The molecule has 4 bridgehead atoms. The van der Waals surface area contributed by atoms with Crippen LogP contribution in [-0.4, -0.2) is 163 Å². The number of fused-ring (bicyclic) bond motifs is 5. The summed E-state index contributed by atoms with van der Waals surface area (Å²) < 4.78 is 29.5. The molecule has 6 rings (SSSR count). The number of likely N-dealkylation sites (N-methyl/N-ethyl adjacent to an activating group) is 1. The van der Waals surface area contributed by atoms with Crippen molar-refractivity contribution < 1.29 is 67.1 Å². The molecular formula is C56H80ClN7O14S. The van der Waals surface area contributed by atoms with Crippen LogP contribution in [0.1, 0.15) is 110 Å². The van der Waals surface area contributed by atoms with Crippen molar-refractivity contribution in [2.75, 3.05) is 52.1 Å². The number of nitrogens with zero attached hydrogens (tertiary/aromatic N) is 3. The van der Waals surface area contributed by atoms with Gasteiger partial charge in [0.1, 0.15) is 40.7 Å². The number of amides is 6. The molecule has 4 aliphatic heterocycles. The number of epoxide rings is 1. The van der Waals surface area contributed by atoms with Crippen molar-refractivity contribution in [3.05, 3.63) is 59.2 Å². The number of Topliss-reactive ketones (excluding diaryl/α,β-unsaturated/α-hetero) is 1. The van der Waals surface area contributed by atoms with Crippen LogP contribution in [0.2, 0.25) is 5.02 Å². The molecule has 4 fully saturated rings. The number of carbonyl (C=O) groups excluding carboxylic acids is 8. The Hall–Kier alpha value is -5.36. The summed E-state index contributed by atoms with van der Waals surface area (Å²) in [5.74, 6) is -3.01. The van der Waals surface area contributed by atoms with Crippen molar-refractivity contribution in [3.63, 3.8) is 0 Å². The largest absolute Gasteiger partial charge is 0.495 e.